The van der Waals surface area contributed by atoms with Gasteiger partial charge in [-0.2, -0.15) is 0 Å². The number of carboxylic acid groups (broad SMARTS) is 1. The van der Waals surface area contributed by atoms with Gasteiger partial charge in [0.2, 0.25) is 0 Å². The number of benzene rings is 1. The highest BCUT2D eigenvalue weighted by Crippen LogP contribution is 2.41. The number of hydrogen-bond acceptors (Lipinski definition) is 4. The van der Waals surface area contributed by atoms with Gasteiger partial charge in [-0.1, -0.05) is 5.16 Å². The van der Waals surface area contributed by atoms with Crippen LogP contribution in [0.3, 0.4) is 0 Å². The lowest BCUT2D eigenvalue weighted by molar-refractivity contribution is 0.0686. The zero-order chi connectivity index (χ0) is 14.3. The van der Waals surface area contributed by atoms with E-state index in [2.05, 4.69) is 21.1 Å². The summed E-state index contributed by atoms with van der Waals surface area (Å²) in [5.41, 5.74) is 0.0986. The number of carboxylic acids is 1. The van der Waals surface area contributed by atoms with Crippen LogP contribution in [-0.4, -0.2) is 22.3 Å². The van der Waals surface area contributed by atoms with Crippen LogP contribution in [0.4, 0.5) is 4.39 Å². The normalized spacial score (nSPS) is 14.3. The standard InChI is InChI=1S/C13H9BrFNO4/c14-9-4-6(15)3-8(12(9)19-7-1-2-7)11-5-10(13(17)18)16-20-11/h3-5,7H,1-2H2,(H,17,18). The highest BCUT2D eigenvalue weighted by molar-refractivity contribution is 9.10. The summed E-state index contributed by atoms with van der Waals surface area (Å²) >= 11 is 3.24. The van der Waals surface area contributed by atoms with Gasteiger partial charge in [0.25, 0.3) is 0 Å². The summed E-state index contributed by atoms with van der Waals surface area (Å²) in [4.78, 5) is 10.8. The average Bonchev–Trinajstić information content (AvgIpc) is 3.05. The minimum atomic E-state index is -1.21. The first-order valence-corrected chi connectivity index (χ1v) is 6.70. The van der Waals surface area contributed by atoms with Gasteiger partial charge < -0.3 is 14.4 Å². The molecule has 0 aliphatic heterocycles. The maximum absolute atomic E-state index is 13.5. The van der Waals surface area contributed by atoms with E-state index in [0.717, 1.165) is 12.8 Å². The summed E-state index contributed by atoms with van der Waals surface area (Å²) < 4.78 is 24.7. The Morgan fingerprint density at radius 3 is 2.80 bits per heavy atom. The first-order chi connectivity index (χ1) is 9.54. The van der Waals surface area contributed by atoms with Gasteiger partial charge in [0.1, 0.15) is 11.6 Å². The minimum absolute atomic E-state index is 0.109. The predicted octanol–water partition coefficient (Wildman–Crippen LogP) is 3.48. The van der Waals surface area contributed by atoms with Crippen LogP contribution in [0.5, 0.6) is 5.75 Å². The van der Waals surface area contributed by atoms with Crippen LogP contribution >= 0.6 is 15.9 Å². The second-order valence-electron chi connectivity index (χ2n) is 4.46. The van der Waals surface area contributed by atoms with E-state index in [4.69, 9.17) is 14.4 Å². The van der Waals surface area contributed by atoms with Crippen molar-refractivity contribution in [2.24, 2.45) is 0 Å². The summed E-state index contributed by atoms with van der Waals surface area (Å²) in [7, 11) is 0. The molecular formula is C13H9BrFNO4. The fourth-order valence-electron chi connectivity index (χ4n) is 1.72. The first kappa shape index (κ1) is 13.1. The van der Waals surface area contributed by atoms with E-state index >= 15 is 0 Å². The molecular weight excluding hydrogens is 333 g/mol. The average molecular weight is 342 g/mol. The molecule has 3 rings (SSSR count). The summed E-state index contributed by atoms with van der Waals surface area (Å²) in [5.74, 6) is -1.11. The molecule has 7 heteroatoms. The molecule has 1 heterocycles. The zero-order valence-corrected chi connectivity index (χ0v) is 11.7. The molecule has 1 aromatic carbocycles. The van der Waals surface area contributed by atoms with Crippen LogP contribution in [0.2, 0.25) is 0 Å². The lowest BCUT2D eigenvalue weighted by atomic mass is 10.1. The van der Waals surface area contributed by atoms with Gasteiger partial charge in [-0.3, -0.25) is 0 Å². The monoisotopic (exact) mass is 341 g/mol. The zero-order valence-electron chi connectivity index (χ0n) is 10.1. The van der Waals surface area contributed by atoms with Gasteiger partial charge >= 0.3 is 5.97 Å². The van der Waals surface area contributed by atoms with Crippen molar-refractivity contribution in [1.82, 2.24) is 5.16 Å². The van der Waals surface area contributed by atoms with Crippen molar-refractivity contribution >= 4 is 21.9 Å². The number of aromatic carboxylic acids is 1. The fraction of sp³-hybridized carbons (Fsp3) is 0.231. The first-order valence-electron chi connectivity index (χ1n) is 5.90. The van der Waals surface area contributed by atoms with Crippen molar-refractivity contribution in [3.05, 3.63) is 34.2 Å². The molecule has 104 valence electrons. The molecule has 1 fully saturated rings. The molecule has 1 aliphatic carbocycles. The van der Waals surface area contributed by atoms with Gasteiger partial charge in [-0.25, -0.2) is 9.18 Å². The maximum Gasteiger partial charge on any atom is 0.358 e. The SMILES string of the molecule is O=C(O)c1cc(-c2cc(F)cc(Br)c2OC2CC2)on1. The molecule has 0 spiro atoms. The van der Waals surface area contributed by atoms with Gasteiger partial charge in [0.15, 0.2) is 11.5 Å². The van der Waals surface area contributed by atoms with Crippen molar-refractivity contribution in [3.8, 4) is 17.1 Å². The summed E-state index contributed by atoms with van der Waals surface area (Å²) in [6, 6.07) is 3.76. The van der Waals surface area contributed by atoms with Crippen LogP contribution in [0.15, 0.2) is 27.2 Å². The van der Waals surface area contributed by atoms with E-state index in [1.807, 2.05) is 0 Å². The fourth-order valence-corrected chi connectivity index (χ4v) is 2.24. The van der Waals surface area contributed by atoms with Crippen LogP contribution < -0.4 is 4.74 Å². The second-order valence-corrected chi connectivity index (χ2v) is 5.32. The van der Waals surface area contributed by atoms with Crippen molar-refractivity contribution in [1.29, 1.82) is 0 Å². The lowest BCUT2D eigenvalue weighted by Crippen LogP contribution is -1.99. The molecule has 1 N–H and O–H groups in total. The van der Waals surface area contributed by atoms with Crippen LogP contribution in [0.25, 0.3) is 11.3 Å². The van der Waals surface area contributed by atoms with E-state index in [1.165, 1.54) is 18.2 Å². The topological polar surface area (TPSA) is 72.6 Å². The Balaban J connectivity index is 2.07. The van der Waals surface area contributed by atoms with Crippen LogP contribution in [0.1, 0.15) is 23.3 Å². The van der Waals surface area contributed by atoms with Crippen LogP contribution in [-0.2, 0) is 0 Å². The minimum Gasteiger partial charge on any atom is -0.488 e. The molecule has 1 saturated carbocycles. The molecule has 0 unspecified atom stereocenters. The quantitative estimate of drug-likeness (QED) is 0.921. The number of aromatic nitrogens is 1. The van der Waals surface area contributed by atoms with Gasteiger partial charge in [-0.05, 0) is 40.9 Å². The van der Waals surface area contributed by atoms with Crippen molar-refractivity contribution in [2.45, 2.75) is 18.9 Å². The molecule has 1 aromatic heterocycles. The Morgan fingerprint density at radius 1 is 1.45 bits per heavy atom. The summed E-state index contributed by atoms with van der Waals surface area (Å²) in [6.07, 6.45) is 2.00. The van der Waals surface area contributed by atoms with E-state index in [9.17, 15) is 9.18 Å². The van der Waals surface area contributed by atoms with E-state index in [0.29, 0.717) is 15.8 Å². The summed E-state index contributed by atoms with van der Waals surface area (Å²) in [6.45, 7) is 0. The third-order valence-electron chi connectivity index (χ3n) is 2.81. The molecule has 0 atom stereocenters. The Bertz CT molecular complexity index is 681. The molecule has 0 amide bonds. The Morgan fingerprint density at radius 2 is 2.20 bits per heavy atom. The van der Waals surface area contributed by atoms with Crippen molar-refractivity contribution in [2.75, 3.05) is 0 Å². The van der Waals surface area contributed by atoms with Crippen molar-refractivity contribution < 1.29 is 23.6 Å². The molecule has 0 saturated heterocycles. The number of ether oxygens (including phenoxy) is 1. The van der Waals surface area contributed by atoms with Crippen molar-refractivity contribution in [3.63, 3.8) is 0 Å². The Hall–Kier alpha value is -1.89. The Labute approximate surface area is 121 Å². The second kappa shape index (κ2) is 4.90. The third-order valence-corrected chi connectivity index (χ3v) is 3.40. The smallest absolute Gasteiger partial charge is 0.358 e. The number of rotatable bonds is 4. The predicted molar refractivity (Wildman–Crippen MR) is 70.2 cm³/mol. The molecule has 20 heavy (non-hydrogen) atoms. The number of nitrogens with zero attached hydrogens (tertiary/aromatic N) is 1. The Kier molecular flexibility index (Phi) is 3.21. The van der Waals surface area contributed by atoms with Crippen LogP contribution in [0, 0.1) is 5.82 Å². The highest BCUT2D eigenvalue weighted by atomic mass is 79.9. The van der Waals surface area contributed by atoms with E-state index < -0.39 is 11.8 Å². The molecule has 0 bridgehead atoms. The molecule has 2 aromatic rings. The summed E-state index contributed by atoms with van der Waals surface area (Å²) in [5, 5.41) is 12.3. The highest BCUT2D eigenvalue weighted by Gasteiger charge is 2.27. The molecule has 5 nitrogen and oxygen atoms in total. The maximum atomic E-state index is 13.5. The lowest BCUT2D eigenvalue weighted by Gasteiger charge is -2.11. The molecule has 1 aliphatic rings. The van der Waals surface area contributed by atoms with E-state index in [1.54, 1.807) is 0 Å². The third kappa shape index (κ3) is 2.53. The molecule has 0 radical (unpaired) electrons. The number of hydrogen-bond donors (Lipinski definition) is 1. The van der Waals surface area contributed by atoms with E-state index in [-0.39, 0.29) is 17.6 Å². The van der Waals surface area contributed by atoms with Gasteiger partial charge in [-0.15, -0.1) is 0 Å². The van der Waals surface area contributed by atoms with Gasteiger partial charge in [0, 0.05) is 6.07 Å². The number of carbonyl (C=O) groups is 1. The van der Waals surface area contributed by atoms with Gasteiger partial charge in [0.05, 0.1) is 16.1 Å². The number of halogens is 2. The largest absolute Gasteiger partial charge is 0.488 e.